The molecule has 0 saturated carbocycles. The molecule has 0 spiro atoms. The average molecular weight is 886 g/mol. The van der Waals surface area contributed by atoms with E-state index >= 15 is 0 Å². The smallest absolute Gasteiger partial charge is 0.164 e. The first-order valence-corrected chi connectivity index (χ1v) is 24.1. The summed E-state index contributed by atoms with van der Waals surface area (Å²) >= 11 is 0. The van der Waals surface area contributed by atoms with Crippen LogP contribution < -0.4 is 4.90 Å². The first-order valence-electron chi connectivity index (χ1n) is 24.1. The summed E-state index contributed by atoms with van der Waals surface area (Å²) in [5, 5.41) is 2.49. The molecule has 0 amide bonds. The van der Waals surface area contributed by atoms with E-state index in [-0.39, 0.29) is 0 Å². The van der Waals surface area contributed by atoms with Crippen LogP contribution in [0.1, 0.15) is 53.8 Å². The number of hydrogen-bond acceptors (Lipinski definition) is 4. The van der Waals surface area contributed by atoms with Gasteiger partial charge in [0, 0.05) is 44.6 Å². The van der Waals surface area contributed by atoms with Crippen LogP contribution in [0.25, 0.3) is 67.0 Å². The van der Waals surface area contributed by atoms with Gasteiger partial charge in [-0.05, 0) is 131 Å². The Morgan fingerprint density at radius 2 is 0.928 bits per heavy atom. The number of rotatable bonds is 9. The third kappa shape index (κ3) is 6.80. The lowest BCUT2D eigenvalue weighted by Gasteiger charge is -2.35. The summed E-state index contributed by atoms with van der Waals surface area (Å²) in [7, 11) is 0. The van der Waals surface area contributed by atoms with E-state index in [2.05, 4.69) is 240 Å². The molecule has 9 aromatic carbocycles. The zero-order valence-corrected chi connectivity index (χ0v) is 38.1. The van der Waals surface area contributed by atoms with Crippen LogP contribution in [0.2, 0.25) is 0 Å². The fraction of sp³-hybridized carbons (Fsp3) is 0.0781. The Hall–Kier alpha value is -8.67. The van der Waals surface area contributed by atoms with E-state index in [1.807, 2.05) is 6.07 Å². The minimum Gasteiger partial charge on any atom is -0.311 e. The van der Waals surface area contributed by atoms with E-state index in [4.69, 9.17) is 15.0 Å². The highest BCUT2D eigenvalue weighted by molar-refractivity contribution is 6.09. The molecule has 11 aromatic rings. The van der Waals surface area contributed by atoms with Crippen LogP contribution >= 0.6 is 0 Å². The molecule has 2 heterocycles. The fourth-order valence-electron chi connectivity index (χ4n) is 11.1. The van der Waals surface area contributed by atoms with Crippen molar-refractivity contribution >= 4 is 44.4 Å². The van der Waals surface area contributed by atoms with Gasteiger partial charge >= 0.3 is 0 Å². The topological polar surface area (TPSA) is 46.8 Å². The van der Waals surface area contributed by atoms with Crippen molar-refractivity contribution in [2.75, 3.05) is 4.90 Å². The Balaban J connectivity index is 1.04. The Labute approximate surface area is 402 Å². The standard InChI is InChI=1S/C64H47N5/c1-5-19-44(20-6-1)61-65-62(45-21-7-2-8-22-45)67-63(66-61)46-33-42-54-53-27-13-16-30-57(53)64(58(54)43-46,47-34-38-51(39-35-47)68(49-23-9-3-10-24-49)50-25-11-4-12-26-50)48-36-40-52(41-37-48)69-59-31-17-14-28-55(59)56-29-15-18-32-60(56)69/h1,3-6,9-21,23-43H,2,7-8,22H2. The molecule has 0 fully saturated rings. The number of aromatic nitrogens is 4. The lowest BCUT2D eigenvalue weighted by molar-refractivity contribution is 0.736. The van der Waals surface area contributed by atoms with Crippen LogP contribution in [0, 0.1) is 0 Å². The van der Waals surface area contributed by atoms with Gasteiger partial charge in [0.2, 0.25) is 0 Å². The van der Waals surface area contributed by atoms with Crippen LogP contribution in [-0.4, -0.2) is 19.5 Å². The molecule has 2 aliphatic carbocycles. The molecule has 0 aliphatic heterocycles. The maximum Gasteiger partial charge on any atom is 0.164 e. The first kappa shape index (κ1) is 40.6. The fourth-order valence-corrected chi connectivity index (χ4v) is 11.1. The van der Waals surface area contributed by atoms with Crippen molar-refractivity contribution in [3.05, 3.63) is 265 Å². The normalized spacial score (nSPS) is 15.2. The van der Waals surface area contributed by atoms with Gasteiger partial charge in [-0.25, -0.2) is 15.0 Å². The molecule has 69 heavy (non-hydrogen) atoms. The first-order chi connectivity index (χ1) is 34.2. The number of hydrogen-bond donors (Lipinski definition) is 0. The molecule has 2 aliphatic rings. The number of allylic oxidation sites excluding steroid dienone is 2. The molecule has 1 atom stereocenters. The summed E-state index contributed by atoms with van der Waals surface area (Å²) in [5.74, 6) is 2.14. The largest absolute Gasteiger partial charge is 0.311 e. The molecule has 0 radical (unpaired) electrons. The van der Waals surface area contributed by atoms with E-state index < -0.39 is 5.41 Å². The van der Waals surface area contributed by atoms with Gasteiger partial charge < -0.3 is 9.47 Å². The summed E-state index contributed by atoms with van der Waals surface area (Å²) in [5.41, 5.74) is 16.4. The van der Waals surface area contributed by atoms with E-state index in [0.717, 1.165) is 59.0 Å². The molecule has 2 aromatic heterocycles. The SMILES string of the molecule is C1=C(c2nc(-c3ccccc3)nc(-c3ccc4c(c3)C(c3ccc(N(c5ccccc5)c5ccccc5)cc3)(c3ccc(-n5c6ccccc6c6ccccc65)cc3)c3ccccc3-4)n2)CCCC1. The minimum absolute atomic E-state index is 0.677. The second-order valence-electron chi connectivity index (χ2n) is 18.2. The summed E-state index contributed by atoms with van der Waals surface area (Å²) in [6.07, 6.45) is 6.66. The van der Waals surface area contributed by atoms with Gasteiger partial charge in [0.25, 0.3) is 0 Å². The van der Waals surface area contributed by atoms with Crippen LogP contribution in [0.5, 0.6) is 0 Å². The van der Waals surface area contributed by atoms with E-state index in [0.29, 0.717) is 11.6 Å². The molecule has 328 valence electrons. The Bertz CT molecular complexity index is 3620. The molecular formula is C64H47N5. The number of anilines is 3. The van der Waals surface area contributed by atoms with Crippen LogP contribution in [-0.2, 0) is 5.41 Å². The highest BCUT2D eigenvalue weighted by Crippen LogP contribution is 2.57. The molecule has 5 nitrogen and oxygen atoms in total. The Morgan fingerprint density at radius 1 is 0.406 bits per heavy atom. The maximum absolute atomic E-state index is 5.30. The summed E-state index contributed by atoms with van der Waals surface area (Å²) in [6.45, 7) is 0. The molecule has 0 saturated heterocycles. The monoisotopic (exact) mass is 885 g/mol. The van der Waals surface area contributed by atoms with Crippen LogP contribution in [0.15, 0.2) is 237 Å². The van der Waals surface area contributed by atoms with Crippen molar-refractivity contribution < 1.29 is 0 Å². The quantitative estimate of drug-likeness (QED) is 0.145. The van der Waals surface area contributed by atoms with Crippen molar-refractivity contribution in [2.24, 2.45) is 0 Å². The molecular weight excluding hydrogens is 839 g/mol. The maximum atomic E-state index is 5.30. The summed E-state index contributed by atoms with van der Waals surface area (Å²) in [6, 6.07) is 83.5. The zero-order valence-electron chi connectivity index (χ0n) is 38.1. The summed E-state index contributed by atoms with van der Waals surface area (Å²) in [4.78, 5) is 18.0. The Kier molecular flexibility index (Phi) is 9.94. The van der Waals surface area contributed by atoms with Crippen molar-refractivity contribution in [1.29, 1.82) is 0 Å². The minimum atomic E-state index is -0.700. The van der Waals surface area contributed by atoms with Crippen molar-refractivity contribution in [2.45, 2.75) is 31.1 Å². The number of nitrogens with zero attached hydrogens (tertiary/aromatic N) is 5. The van der Waals surface area contributed by atoms with Gasteiger partial charge in [0.05, 0.1) is 16.4 Å². The highest BCUT2D eigenvalue weighted by Gasteiger charge is 2.46. The van der Waals surface area contributed by atoms with Gasteiger partial charge in [0.15, 0.2) is 17.5 Å². The van der Waals surface area contributed by atoms with E-state index in [1.165, 1.54) is 67.2 Å². The number of para-hydroxylation sites is 4. The van der Waals surface area contributed by atoms with Crippen molar-refractivity contribution in [3.63, 3.8) is 0 Å². The van der Waals surface area contributed by atoms with Crippen LogP contribution in [0.3, 0.4) is 0 Å². The predicted molar refractivity (Wildman–Crippen MR) is 283 cm³/mol. The molecule has 1 unspecified atom stereocenters. The predicted octanol–water partition coefficient (Wildman–Crippen LogP) is 16.1. The Morgan fingerprint density at radius 3 is 1.57 bits per heavy atom. The van der Waals surface area contributed by atoms with Gasteiger partial charge in [-0.15, -0.1) is 0 Å². The molecule has 0 bridgehead atoms. The lowest BCUT2D eigenvalue weighted by atomic mass is 9.67. The van der Waals surface area contributed by atoms with E-state index in [1.54, 1.807) is 0 Å². The molecule has 13 rings (SSSR count). The van der Waals surface area contributed by atoms with Gasteiger partial charge in [0.1, 0.15) is 0 Å². The molecule has 0 N–H and O–H groups in total. The second kappa shape index (κ2) is 16.9. The number of fused-ring (bicyclic) bond motifs is 6. The van der Waals surface area contributed by atoms with Gasteiger partial charge in [-0.3, -0.25) is 0 Å². The third-order valence-corrected chi connectivity index (χ3v) is 14.3. The highest BCUT2D eigenvalue weighted by atomic mass is 15.1. The third-order valence-electron chi connectivity index (χ3n) is 14.3. The van der Waals surface area contributed by atoms with Crippen molar-refractivity contribution in [3.8, 4) is 39.6 Å². The van der Waals surface area contributed by atoms with Crippen molar-refractivity contribution in [1.82, 2.24) is 19.5 Å². The van der Waals surface area contributed by atoms with Gasteiger partial charge in [-0.1, -0.05) is 170 Å². The molecule has 5 heteroatoms. The zero-order chi connectivity index (χ0) is 45.7. The number of benzene rings is 9. The second-order valence-corrected chi connectivity index (χ2v) is 18.2. The van der Waals surface area contributed by atoms with Gasteiger partial charge in [-0.2, -0.15) is 0 Å². The average Bonchev–Trinajstić information content (AvgIpc) is 3.93. The van der Waals surface area contributed by atoms with E-state index in [9.17, 15) is 0 Å². The van der Waals surface area contributed by atoms with Crippen LogP contribution in [0.4, 0.5) is 17.1 Å². The summed E-state index contributed by atoms with van der Waals surface area (Å²) < 4.78 is 2.40. The lowest BCUT2D eigenvalue weighted by Crippen LogP contribution is -2.28.